The van der Waals surface area contributed by atoms with Crippen LogP contribution in [0.2, 0.25) is 0 Å². The number of carbonyl (C=O) groups is 6. The van der Waals surface area contributed by atoms with Crippen molar-refractivity contribution in [3.05, 3.63) is 12.2 Å². The molecule has 6 unspecified atom stereocenters. The predicted octanol–water partition coefficient (Wildman–Crippen LogP) is -2.51. The summed E-state index contributed by atoms with van der Waals surface area (Å²) in [5, 5.41) is 70.3. The molecule has 2 fully saturated rings. The average Bonchev–Trinajstić information content (AvgIpc) is 3.53. The van der Waals surface area contributed by atoms with E-state index in [1.807, 2.05) is 6.08 Å². The summed E-state index contributed by atoms with van der Waals surface area (Å²) in [6.07, 6.45) is 4.18. The molecule has 21 nitrogen and oxygen atoms in total. The van der Waals surface area contributed by atoms with Crippen molar-refractivity contribution in [2.45, 2.75) is 157 Å². The van der Waals surface area contributed by atoms with Crippen molar-refractivity contribution in [2.75, 3.05) is 38.5 Å². The van der Waals surface area contributed by atoms with Crippen LogP contribution in [0.25, 0.3) is 0 Å². The Morgan fingerprint density at radius 1 is 0.844 bits per heavy atom. The van der Waals surface area contributed by atoms with Crippen LogP contribution in [0, 0.1) is 11.8 Å². The van der Waals surface area contributed by atoms with Gasteiger partial charge in [0, 0.05) is 57.2 Å². The molecule has 1 aliphatic heterocycles. The second-order valence-corrected chi connectivity index (χ2v) is 17.5. The lowest BCUT2D eigenvalue weighted by Crippen LogP contribution is -2.57. The van der Waals surface area contributed by atoms with Gasteiger partial charge in [-0.2, -0.15) is 0 Å². The highest BCUT2D eigenvalue weighted by Crippen LogP contribution is 2.34. The maximum absolute atomic E-state index is 12.6. The summed E-state index contributed by atoms with van der Waals surface area (Å²) in [6, 6.07) is -2.35. The summed E-state index contributed by atoms with van der Waals surface area (Å²) < 4.78 is 5.40. The summed E-state index contributed by atoms with van der Waals surface area (Å²) >= 11 is 1.01. The molecule has 11 atom stereocenters. The van der Waals surface area contributed by atoms with Crippen molar-refractivity contribution in [1.29, 1.82) is 0 Å². The van der Waals surface area contributed by atoms with Crippen molar-refractivity contribution >= 4 is 52.9 Å². The van der Waals surface area contributed by atoms with Gasteiger partial charge >= 0.3 is 0 Å². The number of rotatable bonds is 32. The molecular weight excluding hydrogens is 857 g/mol. The van der Waals surface area contributed by atoms with Crippen LogP contribution in [-0.4, -0.2) is 164 Å². The highest BCUT2D eigenvalue weighted by atomic mass is 32.2. The number of aliphatic hydroxyl groups is 6. The van der Waals surface area contributed by atoms with Crippen molar-refractivity contribution < 1.29 is 64.1 Å². The standard InChI is InChI=1S/C42H74N8O13S/c1-2-3-6-9-25(52)12-13-27-26(30(53)22-31(27)54)10-7-4-5-8-11-34(55)47-20-21-49-35(56)16-14-28(43)41(62)50-29(40(45)61)15-17-36(57)48-19-18-46-33(44)24-64-42-39(60)38(59)37(58)32(23-51)63-42/h12-13,25-29,31-32,37-39,42,51-52,54,58-60H,2-11,14-24,43H2,1H3,(H2,44,46)(H2,45,61)(H,47,55)(H,48,57)(H,49,56)(H,50,62)/b13-12+/t25?,26?,27?,28?,29?,31?,32-,37+,38+,39-,42+/m1/s1. The highest BCUT2D eigenvalue weighted by Gasteiger charge is 2.43. The second kappa shape index (κ2) is 31.2. The molecule has 64 heavy (non-hydrogen) atoms. The number of ketones is 1. The number of primary amides is 1. The van der Waals surface area contributed by atoms with Crippen molar-refractivity contribution in [3.8, 4) is 0 Å². The fourth-order valence-corrected chi connectivity index (χ4v) is 8.30. The van der Waals surface area contributed by atoms with Gasteiger partial charge in [-0.15, -0.1) is 11.8 Å². The maximum atomic E-state index is 12.6. The SMILES string of the molecule is CCCCCC(O)/C=C/C1C(O)CC(=O)C1CCCCCCC(=O)NCCNC(=O)CCC(N)C(=O)NC(CCC(=O)NCCN=C(N)CS[C@@H]1O[C@H](CO)[C@H](O)[C@H](O)[C@H]1O)C(N)=O. The van der Waals surface area contributed by atoms with Gasteiger partial charge < -0.3 is 73.8 Å². The molecule has 1 aliphatic carbocycles. The number of nitrogens with one attached hydrogen (secondary N) is 4. The Kier molecular flexibility index (Phi) is 27.5. The summed E-state index contributed by atoms with van der Waals surface area (Å²) in [5.74, 6) is -2.90. The number of carbonyl (C=O) groups excluding carboxylic acids is 6. The Hall–Kier alpha value is -3.74. The summed E-state index contributed by atoms with van der Waals surface area (Å²) in [7, 11) is 0. The zero-order valence-electron chi connectivity index (χ0n) is 37.0. The number of nitrogens with zero attached hydrogens (tertiary/aromatic N) is 1. The van der Waals surface area contributed by atoms with E-state index in [0.29, 0.717) is 25.7 Å². The molecule has 0 radical (unpaired) electrons. The van der Waals surface area contributed by atoms with E-state index in [1.165, 1.54) is 0 Å². The molecule has 1 saturated carbocycles. The third-order valence-electron chi connectivity index (χ3n) is 11.2. The Balaban J connectivity index is 1.55. The fourth-order valence-electron chi connectivity index (χ4n) is 7.29. The minimum absolute atomic E-state index is 0.0459. The molecule has 2 aliphatic rings. The average molecular weight is 931 g/mol. The number of nitrogens with two attached hydrogens (primary N) is 3. The van der Waals surface area contributed by atoms with E-state index in [1.54, 1.807) is 6.08 Å². The third-order valence-corrected chi connectivity index (χ3v) is 12.3. The van der Waals surface area contributed by atoms with Gasteiger partial charge in [0.05, 0.1) is 37.2 Å². The lowest BCUT2D eigenvalue weighted by molar-refractivity contribution is -0.205. The van der Waals surface area contributed by atoms with Crippen molar-refractivity contribution in [1.82, 2.24) is 21.3 Å². The Morgan fingerprint density at radius 2 is 1.48 bits per heavy atom. The van der Waals surface area contributed by atoms with Crippen molar-refractivity contribution in [3.63, 3.8) is 0 Å². The topological polar surface area (TPSA) is 372 Å². The minimum atomic E-state index is -1.51. The quantitative estimate of drug-likeness (QED) is 0.0143. The van der Waals surface area contributed by atoms with Gasteiger partial charge in [0.15, 0.2) is 0 Å². The molecule has 2 rings (SSSR count). The van der Waals surface area contributed by atoms with Crippen LogP contribution in [0.4, 0.5) is 0 Å². The molecule has 366 valence electrons. The van der Waals surface area contributed by atoms with Crippen LogP contribution in [0.3, 0.4) is 0 Å². The van der Waals surface area contributed by atoms with E-state index >= 15 is 0 Å². The van der Waals surface area contributed by atoms with Crippen molar-refractivity contribution in [2.24, 2.45) is 34.0 Å². The normalized spacial score (nSPS) is 25.1. The number of aliphatic imine (C=N–C) groups is 1. The molecule has 22 heteroatoms. The van der Waals surface area contributed by atoms with Gasteiger partial charge in [0.1, 0.15) is 47.5 Å². The van der Waals surface area contributed by atoms with Crippen LogP contribution in [0.1, 0.15) is 103 Å². The number of amides is 5. The highest BCUT2D eigenvalue weighted by molar-refractivity contribution is 8.00. The smallest absolute Gasteiger partial charge is 0.240 e. The molecule has 1 saturated heterocycles. The first kappa shape index (κ1) is 56.4. The summed E-state index contributed by atoms with van der Waals surface area (Å²) in [4.78, 5) is 78.2. The molecule has 0 spiro atoms. The number of ether oxygens (including phenoxy) is 1. The van der Waals surface area contributed by atoms with Gasteiger partial charge in [-0.1, -0.05) is 57.6 Å². The zero-order chi connectivity index (χ0) is 47.6. The van der Waals surface area contributed by atoms with Gasteiger partial charge in [-0.3, -0.25) is 33.8 Å². The fraction of sp³-hybridized carbons (Fsp3) is 0.786. The number of unbranched alkanes of at least 4 members (excludes halogenated alkanes) is 5. The van der Waals surface area contributed by atoms with E-state index in [4.69, 9.17) is 21.9 Å². The number of Topliss-reactive ketones (excluding diaryl/α,β-unsaturated/α-hetero) is 1. The van der Waals surface area contributed by atoms with Gasteiger partial charge in [0.25, 0.3) is 0 Å². The van der Waals surface area contributed by atoms with Crippen LogP contribution in [0.5, 0.6) is 0 Å². The van der Waals surface area contributed by atoms with Crippen LogP contribution in [-0.2, 0) is 33.5 Å². The zero-order valence-corrected chi connectivity index (χ0v) is 37.8. The Labute approximate surface area is 379 Å². The van der Waals surface area contributed by atoms with E-state index in [0.717, 1.165) is 50.3 Å². The number of aliphatic hydroxyl groups excluding tert-OH is 6. The van der Waals surface area contributed by atoms with Gasteiger partial charge in [0.2, 0.25) is 29.5 Å². The van der Waals surface area contributed by atoms with E-state index in [2.05, 4.69) is 33.2 Å². The molecule has 16 N–H and O–H groups in total. The monoisotopic (exact) mass is 931 g/mol. The molecular formula is C42H74N8O13S. The number of thioether (sulfide) groups is 1. The van der Waals surface area contributed by atoms with E-state index in [9.17, 15) is 59.4 Å². The summed E-state index contributed by atoms with van der Waals surface area (Å²) in [6.45, 7) is 2.08. The Morgan fingerprint density at radius 3 is 2.14 bits per heavy atom. The van der Waals surface area contributed by atoms with E-state index in [-0.39, 0.29) is 93.4 Å². The molecule has 1 heterocycles. The van der Waals surface area contributed by atoms with Gasteiger partial charge in [-0.05, 0) is 32.1 Å². The minimum Gasteiger partial charge on any atom is -0.394 e. The first-order chi connectivity index (χ1) is 30.5. The molecule has 0 aromatic carbocycles. The summed E-state index contributed by atoms with van der Waals surface area (Å²) in [5.41, 5.74) is 16.3. The Bertz CT molecular complexity index is 1520. The van der Waals surface area contributed by atoms with Crippen LogP contribution < -0.4 is 38.5 Å². The predicted molar refractivity (Wildman–Crippen MR) is 239 cm³/mol. The first-order valence-corrected chi connectivity index (χ1v) is 23.5. The third kappa shape index (κ3) is 21.5. The molecule has 0 aromatic rings. The molecule has 0 aromatic heterocycles. The lowest BCUT2D eigenvalue weighted by atomic mass is 9.88. The van der Waals surface area contributed by atoms with E-state index < -0.39 is 84.4 Å². The molecule has 5 amide bonds. The van der Waals surface area contributed by atoms with Gasteiger partial charge in [-0.25, -0.2) is 0 Å². The first-order valence-electron chi connectivity index (χ1n) is 22.4. The van der Waals surface area contributed by atoms with Crippen LogP contribution >= 0.6 is 11.8 Å². The number of hydrogen-bond donors (Lipinski definition) is 13. The maximum Gasteiger partial charge on any atom is 0.240 e. The largest absolute Gasteiger partial charge is 0.394 e. The lowest BCUT2D eigenvalue weighted by Gasteiger charge is -2.39. The van der Waals surface area contributed by atoms with Crippen LogP contribution in [0.15, 0.2) is 17.1 Å². The number of hydrogen-bond acceptors (Lipinski definition) is 16. The number of amidine groups is 1. The second-order valence-electron chi connectivity index (χ2n) is 16.4. The molecule has 0 bridgehead atoms.